The fourth-order valence-corrected chi connectivity index (χ4v) is 2.93. The molecular weight excluding hydrogens is 286 g/mol. The Morgan fingerprint density at radius 1 is 1.09 bits per heavy atom. The number of hydrogen-bond donors (Lipinski definition) is 1. The normalized spacial score (nSPS) is 14.2. The van der Waals surface area contributed by atoms with Crippen LogP contribution in [0.4, 0.5) is 16.2 Å². The van der Waals surface area contributed by atoms with Gasteiger partial charge in [-0.3, -0.25) is 0 Å². The van der Waals surface area contributed by atoms with Crippen molar-refractivity contribution >= 4 is 17.4 Å². The summed E-state index contributed by atoms with van der Waals surface area (Å²) in [4.78, 5) is 16.5. The van der Waals surface area contributed by atoms with Gasteiger partial charge in [-0.25, -0.2) is 4.79 Å². The highest BCUT2D eigenvalue weighted by molar-refractivity contribution is 5.90. The van der Waals surface area contributed by atoms with Crippen molar-refractivity contribution in [3.8, 4) is 0 Å². The first-order chi connectivity index (χ1) is 11.3. The Balaban J connectivity index is 1.57. The molecule has 120 valence electrons. The molecule has 1 N–H and O–H groups in total. The molecule has 1 saturated heterocycles. The van der Waals surface area contributed by atoms with Gasteiger partial charge in [0.25, 0.3) is 0 Å². The number of carbonyl (C=O) groups is 1. The number of para-hydroxylation sites is 2. The molecule has 0 radical (unpaired) electrons. The second-order valence-electron chi connectivity index (χ2n) is 5.88. The van der Waals surface area contributed by atoms with Crippen LogP contribution in [0.25, 0.3) is 0 Å². The van der Waals surface area contributed by atoms with Crippen molar-refractivity contribution in [3.63, 3.8) is 0 Å². The van der Waals surface area contributed by atoms with E-state index in [9.17, 15) is 4.79 Å². The summed E-state index contributed by atoms with van der Waals surface area (Å²) in [7, 11) is 0. The zero-order valence-electron chi connectivity index (χ0n) is 13.5. The van der Waals surface area contributed by atoms with Gasteiger partial charge in [0.1, 0.15) is 0 Å². The SMILES string of the molecule is CCCN(c1ccccc1)C1CN(C(=O)Nc2ccccc2)C1. The van der Waals surface area contributed by atoms with Gasteiger partial charge < -0.3 is 15.1 Å². The van der Waals surface area contributed by atoms with Crippen LogP contribution in [-0.4, -0.2) is 36.6 Å². The Hall–Kier alpha value is -2.49. The highest BCUT2D eigenvalue weighted by atomic mass is 16.2. The highest BCUT2D eigenvalue weighted by Crippen LogP contribution is 2.23. The van der Waals surface area contributed by atoms with Crippen molar-refractivity contribution in [1.82, 2.24) is 4.90 Å². The minimum atomic E-state index is -0.0167. The molecule has 0 bridgehead atoms. The van der Waals surface area contributed by atoms with Crippen LogP contribution in [0.5, 0.6) is 0 Å². The van der Waals surface area contributed by atoms with Gasteiger partial charge in [0.15, 0.2) is 0 Å². The van der Waals surface area contributed by atoms with E-state index in [-0.39, 0.29) is 6.03 Å². The fourth-order valence-electron chi connectivity index (χ4n) is 2.93. The number of likely N-dealkylation sites (tertiary alicyclic amines) is 1. The molecule has 0 aliphatic carbocycles. The van der Waals surface area contributed by atoms with Gasteiger partial charge in [-0.05, 0) is 30.7 Å². The first kappa shape index (κ1) is 15.4. The molecule has 0 spiro atoms. The summed E-state index contributed by atoms with van der Waals surface area (Å²) >= 11 is 0. The van der Waals surface area contributed by atoms with E-state index in [1.165, 1.54) is 5.69 Å². The number of nitrogens with one attached hydrogen (secondary N) is 1. The van der Waals surface area contributed by atoms with Crippen LogP contribution in [0.2, 0.25) is 0 Å². The van der Waals surface area contributed by atoms with Gasteiger partial charge in [0.2, 0.25) is 0 Å². The van der Waals surface area contributed by atoms with Crippen molar-refractivity contribution in [2.45, 2.75) is 19.4 Å². The van der Waals surface area contributed by atoms with Gasteiger partial charge in [0, 0.05) is 31.0 Å². The summed E-state index contributed by atoms with van der Waals surface area (Å²) in [5.74, 6) is 0. The molecule has 0 saturated carbocycles. The minimum Gasteiger partial charge on any atom is -0.365 e. The Morgan fingerprint density at radius 3 is 2.30 bits per heavy atom. The molecule has 1 fully saturated rings. The molecule has 4 nitrogen and oxygen atoms in total. The minimum absolute atomic E-state index is 0.0167. The number of amides is 2. The van der Waals surface area contributed by atoms with Crippen molar-refractivity contribution in [1.29, 1.82) is 0 Å². The lowest BCUT2D eigenvalue weighted by molar-refractivity contribution is 0.161. The second-order valence-corrected chi connectivity index (χ2v) is 5.88. The number of hydrogen-bond acceptors (Lipinski definition) is 2. The molecule has 1 heterocycles. The molecule has 1 aliphatic heterocycles. The number of anilines is 2. The van der Waals surface area contributed by atoms with E-state index in [0.29, 0.717) is 6.04 Å². The zero-order valence-corrected chi connectivity index (χ0v) is 13.5. The van der Waals surface area contributed by atoms with Crippen LogP contribution in [0.15, 0.2) is 60.7 Å². The summed E-state index contributed by atoms with van der Waals surface area (Å²) in [5, 5.41) is 2.94. The van der Waals surface area contributed by atoms with Gasteiger partial charge in [0.05, 0.1) is 6.04 Å². The Bertz CT molecular complexity index is 624. The summed E-state index contributed by atoms with van der Waals surface area (Å²) in [6.07, 6.45) is 1.10. The molecule has 2 aromatic carbocycles. The first-order valence-electron chi connectivity index (χ1n) is 8.20. The van der Waals surface area contributed by atoms with Crippen molar-refractivity contribution in [2.75, 3.05) is 29.9 Å². The van der Waals surface area contributed by atoms with E-state index in [0.717, 1.165) is 31.7 Å². The van der Waals surface area contributed by atoms with Crippen LogP contribution >= 0.6 is 0 Å². The third kappa shape index (κ3) is 3.65. The number of urea groups is 1. The zero-order chi connectivity index (χ0) is 16.1. The Kier molecular flexibility index (Phi) is 4.81. The molecule has 2 amide bonds. The molecule has 1 aliphatic rings. The van der Waals surface area contributed by atoms with Crippen molar-refractivity contribution < 1.29 is 4.79 Å². The van der Waals surface area contributed by atoms with Crippen molar-refractivity contribution in [2.24, 2.45) is 0 Å². The molecule has 2 aromatic rings. The lowest BCUT2D eigenvalue weighted by Gasteiger charge is -2.46. The van der Waals surface area contributed by atoms with E-state index in [2.05, 4.69) is 41.4 Å². The lowest BCUT2D eigenvalue weighted by atomic mass is 10.1. The molecule has 0 aromatic heterocycles. The molecule has 23 heavy (non-hydrogen) atoms. The Morgan fingerprint density at radius 2 is 1.70 bits per heavy atom. The topological polar surface area (TPSA) is 35.6 Å². The maximum Gasteiger partial charge on any atom is 0.321 e. The monoisotopic (exact) mass is 309 g/mol. The number of rotatable bonds is 5. The third-order valence-electron chi connectivity index (χ3n) is 4.17. The number of benzene rings is 2. The van der Waals surface area contributed by atoms with E-state index < -0.39 is 0 Å². The van der Waals surface area contributed by atoms with Gasteiger partial charge in [-0.2, -0.15) is 0 Å². The number of carbonyl (C=O) groups excluding carboxylic acids is 1. The number of nitrogens with zero attached hydrogens (tertiary/aromatic N) is 2. The molecule has 0 atom stereocenters. The molecular formula is C19H23N3O. The average Bonchev–Trinajstić information content (AvgIpc) is 2.54. The third-order valence-corrected chi connectivity index (χ3v) is 4.17. The van der Waals surface area contributed by atoms with Crippen LogP contribution < -0.4 is 10.2 Å². The van der Waals surface area contributed by atoms with Crippen LogP contribution in [0.3, 0.4) is 0 Å². The average molecular weight is 309 g/mol. The summed E-state index contributed by atoms with van der Waals surface area (Å²) in [6, 6.07) is 20.4. The lowest BCUT2D eigenvalue weighted by Crippen LogP contribution is -2.62. The summed E-state index contributed by atoms with van der Waals surface area (Å²) in [5.41, 5.74) is 2.08. The van der Waals surface area contributed by atoms with Gasteiger partial charge in [-0.15, -0.1) is 0 Å². The largest absolute Gasteiger partial charge is 0.365 e. The van der Waals surface area contributed by atoms with Crippen molar-refractivity contribution in [3.05, 3.63) is 60.7 Å². The van der Waals surface area contributed by atoms with Crippen LogP contribution in [0, 0.1) is 0 Å². The molecule has 4 heteroatoms. The van der Waals surface area contributed by atoms with E-state index in [4.69, 9.17) is 0 Å². The summed E-state index contributed by atoms with van der Waals surface area (Å²) in [6.45, 7) is 4.75. The van der Waals surface area contributed by atoms with Gasteiger partial charge >= 0.3 is 6.03 Å². The summed E-state index contributed by atoms with van der Waals surface area (Å²) < 4.78 is 0. The maximum absolute atomic E-state index is 12.3. The predicted molar refractivity (Wildman–Crippen MR) is 94.9 cm³/mol. The van der Waals surface area contributed by atoms with Crippen LogP contribution in [-0.2, 0) is 0 Å². The van der Waals surface area contributed by atoms with E-state index in [1.807, 2.05) is 41.3 Å². The first-order valence-corrected chi connectivity index (χ1v) is 8.20. The van der Waals surface area contributed by atoms with E-state index in [1.54, 1.807) is 0 Å². The maximum atomic E-state index is 12.3. The Labute approximate surface area is 137 Å². The van der Waals surface area contributed by atoms with E-state index >= 15 is 0 Å². The smallest absolute Gasteiger partial charge is 0.321 e. The predicted octanol–water partition coefficient (Wildman–Crippen LogP) is 3.82. The highest BCUT2D eigenvalue weighted by Gasteiger charge is 2.34. The second kappa shape index (κ2) is 7.18. The molecule has 3 rings (SSSR count). The standard InChI is InChI=1S/C19H23N3O/c1-2-13-22(17-11-7-4-8-12-17)18-14-21(15-18)19(23)20-16-9-5-3-6-10-16/h3-12,18H,2,13-15H2,1H3,(H,20,23). The van der Waals surface area contributed by atoms with Gasteiger partial charge in [-0.1, -0.05) is 43.3 Å². The molecule has 0 unspecified atom stereocenters. The quantitative estimate of drug-likeness (QED) is 0.911. The fraction of sp³-hybridized carbons (Fsp3) is 0.316. The van der Waals surface area contributed by atoms with Crippen LogP contribution in [0.1, 0.15) is 13.3 Å².